The molecule has 0 fully saturated rings. The predicted octanol–water partition coefficient (Wildman–Crippen LogP) is -0.298. The molecule has 0 aromatic heterocycles. The van der Waals surface area contributed by atoms with E-state index >= 15 is 0 Å². The average molecular weight is 128 g/mol. The maximum atomic E-state index is 10.1. The van der Waals surface area contributed by atoms with E-state index in [0.29, 0.717) is 0 Å². The zero-order chi connectivity index (χ0) is 7.49. The standard InChI is InChI=1S/C5H8N2O2/c1-5(7,2-3-6)4(8)9/h2,7H2,1H3,(H,8,9)/t5-/m0/s1. The number of carboxylic acids is 1. The Bertz CT molecular complexity index is 157. The highest BCUT2D eigenvalue weighted by Crippen LogP contribution is 2.02. The summed E-state index contributed by atoms with van der Waals surface area (Å²) in [5.41, 5.74) is 3.75. The molecule has 0 aromatic rings. The van der Waals surface area contributed by atoms with E-state index in [0.717, 1.165) is 0 Å². The van der Waals surface area contributed by atoms with Gasteiger partial charge >= 0.3 is 5.97 Å². The lowest BCUT2D eigenvalue weighted by molar-refractivity contribution is -0.142. The van der Waals surface area contributed by atoms with Crippen LogP contribution in [0.4, 0.5) is 0 Å². The van der Waals surface area contributed by atoms with Gasteiger partial charge in [0.05, 0.1) is 12.5 Å². The van der Waals surface area contributed by atoms with Crippen LogP contribution in [0.15, 0.2) is 0 Å². The molecule has 0 radical (unpaired) electrons. The van der Waals surface area contributed by atoms with E-state index in [9.17, 15) is 4.79 Å². The Hall–Kier alpha value is -1.08. The van der Waals surface area contributed by atoms with Gasteiger partial charge in [-0.25, -0.2) is 0 Å². The van der Waals surface area contributed by atoms with Crippen molar-refractivity contribution < 1.29 is 9.90 Å². The third-order valence-corrected chi connectivity index (χ3v) is 0.935. The van der Waals surface area contributed by atoms with Gasteiger partial charge < -0.3 is 10.8 Å². The van der Waals surface area contributed by atoms with Crippen LogP contribution in [0.25, 0.3) is 0 Å². The molecule has 0 spiro atoms. The second-order valence-corrected chi connectivity index (χ2v) is 2.06. The number of rotatable bonds is 2. The Kier molecular flexibility index (Phi) is 2.17. The highest BCUT2D eigenvalue weighted by atomic mass is 16.4. The number of nitrogens with two attached hydrogens (primary N) is 1. The second kappa shape index (κ2) is 2.46. The first-order chi connectivity index (χ1) is 4.00. The number of hydrogen-bond acceptors (Lipinski definition) is 3. The second-order valence-electron chi connectivity index (χ2n) is 2.06. The monoisotopic (exact) mass is 128 g/mol. The molecular formula is C5H8N2O2. The van der Waals surface area contributed by atoms with Gasteiger partial charge in [0.1, 0.15) is 5.54 Å². The number of nitrogens with zero attached hydrogens (tertiary/aromatic N) is 1. The van der Waals surface area contributed by atoms with Gasteiger partial charge in [-0.15, -0.1) is 0 Å². The van der Waals surface area contributed by atoms with E-state index in [1.807, 2.05) is 0 Å². The molecule has 0 aliphatic rings. The first kappa shape index (κ1) is 7.92. The number of carboxylic acid groups (broad SMARTS) is 1. The lowest BCUT2D eigenvalue weighted by Gasteiger charge is -2.13. The molecular weight excluding hydrogens is 120 g/mol. The van der Waals surface area contributed by atoms with Crippen LogP contribution in [0.1, 0.15) is 13.3 Å². The Labute approximate surface area is 52.9 Å². The van der Waals surface area contributed by atoms with Crippen LogP contribution < -0.4 is 5.73 Å². The fourth-order valence-corrected chi connectivity index (χ4v) is 0.240. The van der Waals surface area contributed by atoms with Crippen molar-refractivity contribution in [3.63, 3.8) is 0 Å². The molecule has 0 saturated heterocycles. The summed E-state index contributed by atoms with van der Waals surface area (Å²) in [7, 11) is 0. The van der Waals surface area contributed by atoms with Crippen molar-refractivity contribution in [1.29, 1.82) is 5.26 Å². The van der Waals surface area contributed by atoms with Crippen molar-refractivity contribution in [2.45, 2.75) is 18.9 Å². The Morgan fingerprint density at radius 1 is 2.00 bits per heavy atom. The van der Waals surface area contributed by atoms with Gasteiger partial charge in [-0.1, -0.05) is 0 Å². The predicted molar refractivity (Wildman–Crippen MR) is 30.5 cm³/mol. The van der Waals surface area contributed by atoms with Gasteiger partial charge in [-0.05, 0) is 6.92 Å². The highest BCUT2D eigenvalue weighted by molar-refractivity contribution is 5.78. The molecule has 0 aliphatic carbocycles. The van der Waals surface area contributed by atoms with Crippen molar-refractivity contribution in [3.8, 4) is 6.07 Å². The van der Waals surface area contributed by atoms with Crippen LogP contribution in [0.2, 0.25) is 0 Å². The minimum absolute atomic E-state index is 0.164. The topological polar surface area (TPSA) is 87.1 Å². The molecule has 0 saturated carbocycles. The summed E-state index contributed by atoms with van der Waals surface area (Å²) < 4.78 is 0. The van der Waals surface area contributed by atoms with Gasteiger partial charge in [0, 0.05) is 0 Å². The molecule has 0 rings (SSSR count). The molecule has 0 heterocycles. The molecule has 1 atom stereocenters. The van der Waals surface area contributed by atoms with Crippen LogP contribution in [-0.2, 0) is 4.79 Å². The van der Waals surface area contributed by atoms with E-state index < -0.39 is 11.5 Å². The lowest BCUT2D eigenvalue weighted by Crippen LogP contribution is -2.44. The molecule has 0 amide bonds. The first-order valence-electron chi connectivity index (χ1n) is 2.40. The molecule has 4 heteroatoms. The summed E-state index contributed by atoms with van der Waals surface area (Å²) in [5, 5.41) is 16.4. The van der Waals surface area contributed by atoms with E-state index in [1.165, 1.54) is 6.92 Å². The normalized spacial score (nSPS) is 15.7. The number of nitriles is 1. The molecule has 0 aromatic carbocycles. The zero-order valence-corrected chi connectivity index (χ0v) is 5.09. The van der Waals surface area contributed by atoms with Crippen molar-refractivity contribution in [3.05, 3.63) is 0 Å². The first-order valence-corrected chi connectivity index (χ1v) is 2.40. The summed E-state index contributed by atoms with van der Waals surface area (Å²) in [4.78, 5) is 10.1. The third-order valence-electron chi connectivity index (χ3n) is 0.935. The quantitative estimate of drug-likeness (QED) is 0.534. The molecule has 4 nitrogen and oxygen atoms in total. The molecule has 0 aliphatic heterocycles. The van der Waals surface area contributed by atoms with Crippen LogP contribution >= 0.6 is 0 Å². The Morgan fingerprint density at radius 3 is 2.56 bits per heavy atom. The van der Waals surface area contributed by atoms with Gasteiger partial charge in [0.15, 0.2) is 0 Å². The molecule has 0 bridgehead atoms. The fourth-order valence-electron chi connectivity index (χ4n) is 0.240. The minimum Gasteiger partial charge on any atom is -0.480 e. The number of hydrogen-bond donors (Lipinski definition) is 2. The highest BCUT2D eigenvalue weighted by Gasteiger charge is 2.26. The van der Waals surface area contributed by atoms with E-state index in [2.05, 4.69) is 0 Å². The summed E-state index contributed by atoms with van der Waals surface area (Å²) in [6.07, 6.45) is -0.164. The minimum atomic E-state index is -1.39. The summed E-state index contributed by atoms with van der Waals surface area (Å²) >= 11 is 0. The van der Waals surface area contributed by atoms with Crippen molar-refractivity contribution >= 4 is 5.97 Å². The van der Waals surface area contributed by atoms with Gasteiger partial charge in [0.2, 0.25) is 0 Å². The SMILES string of the molecule is C[C@](N)(CC#N)C(=O)O. The maximum Gasteiger partial charge on any atom is 0.324 e. The molecule has 3 N–H and O–H groups in total. The maximum absolute atomic E-state index is 10.1. The fraction of sp³-hybridized carbons (Fsp3) is 0.600. The summed E-state index contributed by atoms with van der Waals surface area (Å²) in [5.74, 6) is -1.15. The average Bonchev–Trinajstić information content (AvgIpc) is 1.65. The third kappa shape index (κ3) is 2.11. The molecule has 50 valence electrons. The lowest BCUT2D eigenvalue weighted by atomic mass is 10.0. The Balaban J connectivity index is 4.06. The van der Waals surface area contributed by atoms with Gasteiger partial charge in [0.25, 0.3) is 0 Å². The van der Waals surface area contributed by atoms with Crippen LogP contribution in [0.5, 0.6) is 0 Å². The van der Waals surface area contributed by atoms with Gasteiger partial charge in [-0.2, -0.15) is 5.26 Å². The Morgan fingerprint density at radius 2 is 2.44 bits per heavy atom. The largest absolute Gasteiger partial charge is 0.480 e. The van der Waals surface area contributed by atoms with E-state index in [-0.39, 0.29) is 6.42 Å². The van der Waals surface area contributed by atoms with Crippen molar-refractivity contribution in [2.75, 3.05) is 0 Å². The van der Waals surface area contributed by atoms with Crippen molar-refractivity contribution in [2.24, 2.45) is 5.73 Å². The van der Waals surface area contributed by atoms with Crippen LogP contribution in [-0.4, -0.2) is 16.6 Å². The zero-order valence-electron chi connectivity index (χ0n) is 5.09. The van der Waals surface area contributed by atoms with Crippen LogP contribution in [0.3, 0.4) is 0 Å². The van der Waals surface area contributed by atoms with Crippen LogP contribution in [0, 0.1) is 11.3 Å². The van der Waals surface area contributed by atoms with E-state index in [1.54, 1.807) is 6.07 Å². The van der Waals surface area contributed by atoms with Gasteiger partial charge in [-0.3, -0.25) is 4.79 Å². The molecule has 9 heavy (non-hydrogen) atoms. The number of aliphatic carboxylic acids is 1. The van der Waals surface area contributed by atoms with Crippen molar-refractivity contribution in [1.82, 2.24) is 0 Å². The van der Waals surface area contributed by atoms with E-state index in [4.69, 9.17) is 16.1 Å². The summed E-state index contributed by atoms with van der Waals surface area (Å²) in [6.45, 7) is 1.30. The summed E-state index contributed by atoms with van der Waals surface area (Å²) in [6, 6.07) is 1.68. The molecule has 0 unspecified atom stereocenters. The smallest absolute Gasteiger partial charge is 0.324 e. The number of carbonyl (C=O) groups is 1.